The van der Waals surface area contributed by atoms with Gasteiger partial charge in [-0.2, -0.15) is 0 Å². The van der Waals surface area contributed by atoms with E-state index in [1.807, 2.05) is 30.4 Å². The number of likely N-dealkylation sites (tertiary alicyclic amines) is 1. The van der Waals surface area contributed by atoms with Crippen molar-refractivity contribution in [2.45, 2.75) is 63.3 Å². The van der Waals surface area contributed by atoms with E-state index in [2.05, 4.69) is 24.5 Å². The molecular weight excluding hydrogens is 582 g/mol. The number of hydrogen-bond acceptors (Lipinski definition) is 6. The van der Waals surface area contributed by atoms with Gasteiger partial charge in [0, 0.05) is 23.3 Å². The van der Waals surface area contributed by atoms with Crippen molar-refractivity contribution in [3.05, 3.63) is 65.2 Å². The number of anilines is 1. The van der Waals surface area contributed by atoms with E-state index in [9.17, 15) is 14.4 Å². The molecule has 2 aromatic rings. The molecule has 3 aliphatic heterocycles. The Morgan fingerprint density at radius 3 is 2.61 bits per heavy atom. The Bertz CT molecular complexity index is 1480. The number of nitrogens with zero attached hydrogens (tertiary/aromatic N) is 1. The topological polar surface area (TPSA) is 106 Å². The molecule has 1 saturated carbocycles. The van der Waals surface area contributed by atoms with Crippen molar-refractivity contribution < 1.29 is 28.6 Å². The predicted octanol–water partition coefficient (Wildman–Crippen LogP) is 4.63. The Morgan fingerprint density at radius 1 is 1.07 bits per heavy atom. The van der Waals surface area contributed by atoms with Crippen molar-refractivity contribution in [2.24, 2.45) is 23.7 Å². The number of rotatable bonds is 9. The summed E-state index contributed by atoms with van der Waals surface area (Å²) in [7, 11) is 3.16. The first-order chi connectivity index (χ1) is 21.2. The highest BCUT2D eigenvalue weighted by Crippen LogP contribution is 2.55. The molecule has 3 fully saturated rings. The number of carbonyl (C=O) groups excluding carboxylic acids is 3. The predicted molar refractivity (Wildman–Crippen MR) is 167 cm³/mol. The molecule has 234 valence electrons. The summed E-state index contributed by atoms with van der Waals surface area (Å²) < 4.78 is 17.4. The zero-order valence-corrected chi connectivity index (χ0v) is 26.3. The van der Waals surface area contributed by atoms with Crippen LogP contribution in [0.5, 0.6) is 11.5 Å². The van der Waals surface area contributed by atoms with E-state index >= 15 is 0 Å². The van der Waals surface area contributed by atoms with Gasteiger partial charge in [-0.05, 0) is 60.6 Å². The maximum absolute atomic E-state index is 14.3. The first kappa shape index (κ1) is 30.5. The monoisotopic (exact) mass is 621 g/mol. The second-order valence-electron chi connectivity index (χ2n) is 12.6. The van der Waals surface area contributed by atoms with Crippen molar-refractivity contribution in [3.8, 4) is 11.5 Å². The average Bonchev–Trinajstić information content (AvgIpc) is 3.65. The largest absolute Gasteiger partial charge is 0.493 e. The summed E-state index contributed by atoms with van der Waals surface area (Å²) in [6, 6.07) is 11.6. The third-order valence-corrected chi connectivity index (χ3v) is 10.4. The Morgan fingerprint density at radius 2 is 1.86 bits per heavy atom. The van der Waals surface area contributed by atoms with Crippen LogP contribution in [-0.2, 0) is 25.5 Å². The second-order valence-corrected chi connectivity index (χ2v) is 13.0. The first-order valence-corrected chi connectivity index (χ1v) is 15.8. The number of halogens is 1. The van der Waals surface area contributed by atoms with Crippen LogP contribution in [0.25, 0.3) is 0 Å². The fraction of sp³-hybridized carbons (Fsp3) is 0.500. The van der Waals surface area contributed by atoms with E-state index in [1.165, 1.54) is 0 Å². The lowest BCUT2D eigenvalue weighted by atomic mass is 9.73. The van der Waals surface area contributed by atoms with E-state index in [1.54, 1.807) is 43.4 Å². The van der Waals surface area contributed by atoms with Crippen molar-refractivity contribution in [2.75, 3.05) is 26.1 Å². The number of amides is 3. The van der Waals surface area contributed by atoms with Crippen LogP contribution in [0.2, 0.25) is 5.02 Å². The molecule has 3 heterocycles. The molecule has 4 aliphatic rings. The third kappa shape index (κ3) is 5.24. The fourth-order valence-corrected chi connectivity index (χ4v) is 7.82. The Balaban J connectivity index is 1.30. The molecule has 2 N–H and O–H groups in total. The molecule has 8 atom stereocenters. The summed E-state index contributed by atoms with van der Waals surface area (Å²) in [5.41, 5.74) is 0.229. The maximum atomic E-state index is 14.3. The molecule has 6 rings (SSSR count). The molecule has 3 amide bonds. The van der Waals surface area contributed by atoms with Crippen molar-refractivity contribution in [1.82, 2.24) is 10.2 Å². The molecule has 2 aromatic carbocycles. The standard InChI is InChI=1S/C34H40ClN3O6/c1-19-7-5-10-24(20(19)2)37-32(40)30-34-15-13-26(44-34)28(31(39)36-23-9-6-8-22(35)18-23)29(34)33(41)38(30)16-14-21-11-12-25(42-3)27(17-21)43-4/h6,8-9,11-13,15,17-20,24,26,28-30H,5,7,10,14,16H2,1-4H3,(H,36,39)(H,37,40)/t19?,20?,24?,26-,28?,29-,30?,34?/m1/s1. The van der Waals surface area contributed by atoms with Gasteiger partial charge in [-0.1, -0.05) is 62.6 Å². The third-order valence-electron chi connectivity index (χ3n) is 10.1. The van der Waals surface area contributed by atoms with E-state index in [0.29, 0.717) is 40.5 Å². The lowest BCUT2D eigenvalue weighted by Gasteiger charge is -2.38. The number of carbonyl (C=O) groups is 3. The number of fused-ring (bicyclic) bond motifs is 1. The van der Waals surface area contributed by atoms with E-state index in [-0.39, 0.29) is 30.3 Å². The van der Waals surface area contributed by atoms with Gasteiger partial charge in [0.2, 0.25) is 17.7 Å². The minimum atomic E-state index is -1.23. The molecule has 1 spiro atoms. The lowest BCUT2D eigenvalue weighted by Crippen LogP contribution is -2.58. The molecule has 0 radical (unpaired) electrons. The van der Waals surface area contributed by atoms with E-state index in [0.717, 1.165) is 24.8 Å². The van der Waals surface area contributed by atoms with Gasteiger partial charge in [-0.25, -0.2) is 0 Å². The SMILES string of the molecule is COc1ccc(CCN2C(=O)[C@H]3C(C(=O)Nc4cccc(Cl)c4)[C@H]4C=CC3(O4)C2C(=O)NC2CCCC(C)C2C)cc1OC. The lowest BCUT2D eigenvalue weighted by molar-refractivity contribution is -0.141. The van der Waals surface area contributed by atoms with Crippen LogP contribution in [-0.4, -0.2) is 67.2 Å². The number of nitrogens with one attached hydrogen (secondary N) is 2. The zero-order valence-electron chi connectivity index (χ0n) is 25.5. The van der Waals surface area contributed by atoms with Crippen LogP contribution < -0.4 is 20.1 Å². The molecular formula is C34H40ClN3O6. The highest BCUT2D eigenvalue weighted by atomic mass is 35.5. The van der Waals surface area contributed by atoms with Crippen molar-refractivity contribution in [3.63, 3.8) is 0 Å². The molecule has 44 heavy (non-hydrogen) atoms. The quantitative estimate of drug-likeness (QED) is 0.396. The van der Waals surface area contributed by atoms with E-state index in [4.69, 9.17) is 25.8 Å². The number of methoxy groups -OCH3 is 2. The Labute approximate surface area is 263 Å². The van der Waals surface area contributed by atoms with Gasteiger partial charge in [-0.3, -0.25) is 14.4 Å². The molecule has 1 aliphatic carbocycles. The van der Waals surface area contributed by atoms with Crippen LogP contribution in [0.15, 0.2) is 54.6 Å². The molecule has 10 heteroatoms. The van der Waals surface area contributed by atoms with Gasteiger partial charge in [-0.15, -0.1) is 0 Å². The van der Waals surface area contributed by atoms with Gasteiger partial charge < -0.3 is 29.7 Å². The van der Waals surface area contributed by atoms with Gasteiger partial charge in [0.15, 0.2) is 11.5 Å². The zero-order chi connectivity index (χ0) is 31.2. The molecule has 6 unspecified atom stereocenters. The smallest absolute Gasteiger partial charge is 0.246 e. The highest BCUT2D eigenvalue weighted by Gasteiger charge is 2.72. The summed E-state index contributed by atoms with van der Waals surface area (Å²) in [5.74, 6) is -0.450. The Kier molecular flexibility index (Phi) is 8.37. The van der Waals surface area contributed by atoms with Gasteiger partial charge in [0.05, 0.1) is 32.2 Å². The summed E-state index contributed by atoms with van der Waals surface area (Å²) in [5, 5.41) is 6.72. The average molecular weight is 622 g/mol. The number of hydrogen-bond donors (Lipinski definition) is 2. The molecule has 9 nitrogen and oxygen atoms in total. The van der Waals surface area contributed by atoms with Crippen LogP contribution in [0.1, 0.15) is 38.7 Å². The minimum Gasteiger partial charge on any atom is -0.493 e. The van der Waals surface area contributed by atoms with Crippen LogP contribution >= 0.6 is 11.6 Å². The van der Waals surface area contributed by atoms with E-state index < -0.39 is 29.6 Å². The fourth-order valence-electron chi connectivity index (χ4n) is 7.63. The summed E-state index contributed by atoms with van der Waals surface area (Å²) in [6.45, 7) is 4.67. The molecule has 0 aromatic heterocycles. The van der Waals surface area contributed by atoms with Crippen molar-refractivity contribution >= 4 is 35.0 Å². The summed E-state index contributed by atoms with van der Waals surface area (Å²) in [4.78, 5) is 44.0. The highest BCUT2D eigenvalue weighted by molar-refractivity contribution is 6.30. The Hall–Kier alpha value is -3.56. The number of ether oxygens (including phenoxy) is 3. The van der Waals surface area contributed by atoms with Gasteiger partial charge in [0.1, 0.15) is 11.6 Å². The minimum absolute atomic E-state index is 0.00834. The van der Waals surface area contributed by atoms with Crippen LogP contribution in [0, 0.1) is 23.7 Å². The molecule has 2 saturated heterocycles. The van der Waals surface area contributed by atoms with Crippen LogP contribution in [0.4, 0.5) is 5.69 Å². The second kappa shape index (κ2) is 12.1. The summed E-state index contributed by atoms with van der Waals surface area (Å²) in [6.07, 6.45) is 6.61. The van der Waals surface area contributed by atoms with Gasteiger partial charge in [0.25, 0.3) is 0 Å². The summed E-state index contributed by atoms with van der Waals surface area (Å²) >= 11 is 6.15. The number of benzene rings is 2. The normalized spacial score (nSPS) is 32.0. The van der Waals surface area contributed by atoms with Crippen molar-refractivity contribution in [1.29, 1.82) is 0 Å². The van der Waals surface area contributed by atoms with Crippen LogP contribution in [0.3, 0.4) is 0 Å². The van der Waals surface area contributed by atoms with Gasteiger partial charge >= 0.3 is 0 Å². The first-order valence-electron chi connectivity index (χ1n) is 15.4. The maximum Gasteiger partial charge on any atom is 0.246 e. The molecule has 2 bridgehead atoms.